The molecule has 1 aliphatic rings. The monoisotopic (exact) mass is 281 g/mol. The predicted octanol–water partition coefficient (Wildman–Crippen LogP) is 1.16. The van der Waals surface area contributed by atoms with Crippen LogP contribution in [-0.4, -0.2) is 49.3 Å². The normalized spacial score (nSPS) is 17.4. The second-order valence-electron chi connectivity index (χ2n) is 5.49. The summed E-state index contributed by atoms with van der Waals surface area (Å²) in [6, 6.07) is 0. The molecule has 2 rings (SSSR count). The molecule has 1 N–H and O–H groups in total. The highest BCUT2D eigenvalue weighted by molar-refractivity contribution is 5.67. The molecule has 0 saturated carbocycles. The summed E-state index contributed by atoms with van der Waals surface area (Å²) in [5.41, 5.74) is 0. The Morgan fingerprint density at radius 1 is 1.40 bits per heavy atom. The molecule has 0 aliphatic carbocycles. The van der Waals surface area contributed by atoms with Crippen molar-refractivity contribution in [2.24, 2.45) is 5.92 Å². The average Bonchev–Trinajstić information content (AvgIpc) is 2.85. The van der Waals surface area contributed by atoms with Gasteiger partial charge in [-0.15, -0.1) is 5.10 Å². The van der Waals surface area contributed by atoms with Crippen LogP contribution in [0.3, 0.4) is 0 Å². The van der Waals surface area contributed by atoms with Gasteiger partial charge in [-0.05, 0) is 48.7 Å². The first-order chi connectivity index (χ1) is 9.69. The van der Waals surface area contributed by atoms with E-state index in [0.717, 1.165) is 57.7 Å². The Morgan fingerprint density at radius 2 is 2.15 bits per heavy atom. The molecule has 0 radical (unpaired) electrons. The third-order valence-corrected chi connectivity index (χ3v) is 3.87. The largest absolute Gasteiger partial charge is 0.481 e. The minimum atomic E-state index is -0.688. The van der Waals surface area contributed by atoms with Crippen LogP contribution in [0.2, 0.25) is 0 Å². The summed E-state index contributed by atoms with van der Waals surface area (Å²) < 4.78 is 1.88. The quantitative estimate of drug-likeness (QED) is 0.807. The highest BCUT2D eigenvalue weighted by Gasteiger charge is 2.22. The smallest absolute Gasteiger partial charge is 0.303 e. The van der Waals surface area contributed by atoms with Gasteiger partial charge in [0.1, 0.15) is 0 Å². The van der Waals surface area contributed by atoms with Crippen molar-refractivity contribution in [3.8, 4) is 0 Å². The van der Waals surface area contributed by atoms with Crippen LogP contribution in [0.5, 0.6) is 0 Å². The number of aryl methyl sites for hydroxylation is 1. The fraction of sp³-hybridized carbons (Fsp3) is 0.846. The molecule has 112 valence electrons. The van der Waals surface area contributed by atoms with E-state index in [4.69, 9.17) is 5.11 Å². The number of carbonyl (C=O) groups is 1. The minimum absolute atomic E-state index is 0.294. The van der Waals surface area contributed by atoms with Gasteiger partial charge in [-0.3, -0.25) is 9.69 Å². The zero-order chi connectivity index (χ0) is 14.4. The number of nitrogens with zero attached hydrogens (tertiary/aromatic N) is 5. The van der Waals surface area contributed by atoms with Gasteiger partial charge in [0.05, 0.1) is 6.54 Å². The zero-order valence-electron chi connectivity index (χ0n) is 12.0. The Morgan fingerprint density at radius 3 is 2.80 bits per heavy atom. The van der Waals surface area contributed by atoms with E-state index in [2.05, 4.69) is 27.3 Å². The van der Waals surface area contributed by atoms with E-state index in [1.54, 1.807) is 0 Å². The maximum Gasteiger partial charge on any atom is 0.303 e. The summed E-state index contributed by atoms with van der Waals surface area (Å²) in [5, 5.41) is 20.7. The lowest BCUT2D eigenvalue weighted by Gasteiger charge is -2.30. The second-order valence-corrected chi connectivity index (χ2v) is 5.49. The first kappa shape index (κ1) is 14.9. The SMILES string of the molecule is CCCCn1nnnc1CN1CCC(CC(=O)O)CC1. The molecule has 0 aromatic carbocycles. The highest BCUT2D eigenvalue weighted by atomic mass is 16.4. The summed E-state index contributed by atoms with van der Waals surface area (Å²) in [6.45, 7) is 5.64. The number of likely N-dealkylation sites (tertiary alicyclic amines) is 1. The number of aliphatic carboxylic acids is 1. The van der Waals surface area contributed by atoms with Crippen molar-refractivity contribution in [3.05, 3.63) is 5.82 Å². The maximum atomic E-state index is 10.7. The maximum absolute atomic E-state index is 10.7. The predicted molar refractivity (Wildman–Crippen MR) is 73.0 cm³/mol. The van der Waals surface area contributed by atoms with Crippen LogP contribution in [0.25, 0.3) is 0 Å². The number of rotatable bonds is 7. The molecule has 0 unspecified atom stereocenters. The highest BCUT2D eigenvalue weighted by Crippen LogP contribution is 2.21. The van der Waals surface area contributed by atoms with E-state index in [1.807, 2.05) is 4.68 Å². The Kier molecular flexibility index (Phi) is 5.46. The van der Waals surface area contributed by atoms with Gasteiger partial charge in [-0.1, -0.05) is 13.3 Å². The summed E-state index contributed by atoms with van der Waals surface area (Å²) >= 11 is 0. The number of aromatic nitrogens is 4. The van der Waals surface area contributed by atoms with Gasteiger partial charge < -0.3 is 5.11 Å². The molecule has 2 heterocycles. The minimum Gasteiger partial charge on any atom is -0.481 e. The molecule has 20 heavy (non-hydrogen) atoms. The standard InChI is InChI=1S/C13H23N5O2/c1-2-3-6-18-12(14-15-16-18)10-17-7-4-11(5-8-17)9-13(19)20/h11H,2-10H2,1H3,(H,19,20). The molecule has 1 aromatic heterocycles. The Balaban J connectivity index is 1.80. The second kappa shape index (κ2) is 7.33. The summed E-state index contributed by atoms with van der Waals surface area (Å²) in [5.74, 6) is 0.543. The third-order valence-electron chi connectivity index (χ3n) is 3.87. The Bertz CT molecular complexity index is 426. The van der Waals surface area contributed by atoms with E-state index in [-0.39, 0.29) is 0 Å². The van der Waals surface area contributed by atoms with E-state index >= 15 is 0 Å². The van der Waals surface area contributed by atoms with Gasteiger partial charge in [0.2, 0.25) is 0 Å². The molecular weight excluding hydrogens is 258 g/mol. The first-order valence-electron chi connectivity index (χ1n) is 7.38. The molecule has 0 bridgehead atoms. The molecule has 1 saturated heterocycles. The van der Waals surface area contributed by atoms with E-state index in [0.29, 0.717) is 12.3 Å². The molecule has 1 fully saturated rings. The van der Waals surface area contributed by atoms with Gasteiger partial charge in [-0.25, -0.2) is 4.68 Å². The van der Waals surface area contributed by atoms with Crippen LogP contribution in [0, 0.1) is 5.92 Å². The number of hydrogen-bond donors (Lipinski definition) is 1. The number of piperidine rings is 1. The number of unbranched alkanes of at least 4 members (excludes halogenated alkanes) is 1. The van der Waals surface area contributed by atoms with Crippen molar-refractivity contribution in [3.63, 3.8) is 0 Å². The molecule has 0 amide bonds. The van der Waals surface area contributed by atoms with E-state index in [1.165, 1.54) is 0 Å². The number of tetrazole rings is 1. The van der Waals surface area contributed by atoms with Gasteiger partial charge in [0, 0.05) is 13.0 Å². The van der Waals surface area contributed by atoms with Crippen LogP contribution in [0.15, 0.2) is 0 Å². The van der Waals surface area contributed by atoms with Crippen molar-refractivity contribution in [2.75, 3.05) is 13.1 Å². The van der Waals surface area contributed by atoms with Crippen molar-refractivity contribution in [1.29, 1.82) is 0 Å². The average molecular weight is 281 g/mol. The van der Waals surface area contributed by atoms with Crippen molar-refractivity contribution < 1.29 is 9.90 Å². The van der Waals surface area contributed by atoms with Gasteiger partial charge in [0.25, 0.3) is 0 Å². The molecule has 7 heteroatoms. The molecule has 0 spiro atoms. The molecule has 7 nitrogen and oxygen atoms in total. The van der Waals surface area contributed by atoms with Crippen molar-refractivity contribution in [1.82, 2.24) is 25.1 Å². The topological polar surface area (TPSA) is 84.1 Å². The van der Waals surface area contributed by atoms with Crippen LogP contribution >= 0.6 is 0 Å². The summed E-state index contributed by atoms with van der Waals surface area (Å²) in [7, 11) is 0. The summed E-state index contributed by atoms with van der Waals surface area (Å²) in [6.07, 6.45) is 4.40. The van der Waals surface area contributed by atoms with Crippen molar-refractivity contribution in [2.45, 2.75) is 52.1 Å². The van der Waals surface area contributed by atoms with E-state index in [9.17, 15) is 4.79 Å². The fourth-order valence-electron chi connectivity index (χ4n) is 2.61. The van der Waals surface area contributed by atoms with Gasteiger partial charge >= 0.3 is 5.97 Å². The molecular formula is C13H23N5O2. The first-order valence-corrected chi connectivity index (χ1v) is 7.38. The lowest BCUT2D eigenvalue weighted by Crippen LogP contribution is -2.34. The Hall–Kier alpha value is -1.50. The Labute approximate surface area is 119 Å². The fourth-order valence-corrected chi connectivity index (χ4v) is 2.61. The van der Waals surface area contributed by atoms with Gasteiger partial charge in [-0.2, -0.15) is 0 Å². The van der Waals surface area contributed by atoms with Crippen LogP contribution < -0.4 is 0 Å². The lowest BCUT2D eigenvalue weighted by molar-refractivity contribution is -0.138. The number of hydrogen-bond acceptors (Lipinski definition) is 5. The van der Waals surface area contributed by atoms with Crippen molar-refractivity contribution >= 4 is 5.97 Å². The third kappa shape index (κ3) is 4.26. The van der Waals surface area contributed by atoms with Crippen LogP contribution in [0.4, 0.5) is 0 Å². The number of carboxylic acid groups (broad SMARTS) is 1. The molecule has 0 atom stereocenters. The lowest BCUT2D eigenvalue weighted by atomic mass is 9.94. The van der Waals surface area contributed by atoms with Gasteiger partial charge in [0.15, 0.2) is 5.82 Å². The van der Waals surface area contributed by atoms with Crippen LogP contribution in [0.1, 0.15) is 44.9 Å². The summed E-state index contributed by atoms with van der Waals surface area (Å²) in [4.78, 5) is 13.0. The number of carboxylic acids is 1. The molecule has 1 aliphatic heterocycles. The van der Waals surface area contributed by atoms with E-state index < -0.39 is 5.97 Å². The molecule has 1 aromatic rings. The van der Waals surface area contributed by atoms with Crippen LogP contribution in [-0.2, 0) is 17.9 Å². The zero-order valence-corrected chi connectivity index (χ0v) is 12.0.